The molecule has 0 aromatic carbocycles. The number of hydrogen-bond donors (Lipinski definition) is 3. The first-order valence-corrected chi connectivity index (χ1v) is 14.7. The van der Waals surface area contributed by atoms with Crippen LogP contribution in [0.1, 0.15) is 106 Å². The molecule has 1 aliphatic heterocycles. The van der Waals surface area contributed by atoms with Gasteiger partial charge in [-0.05, 0) is 90.4 Å². The van der Waals surface area contributed by atoms with Crippen molar-refractivity contribution in [1.82, 2.24) is 5.48 Å². The number of nitrogens with one attached hydrogen (secondary N) is 1. The van der Waals surface area contributed by atoms with Crippen LogP contribution in [0.15, 0.2) is 0 Å². The van der Waals surface area contributed by atoms with E-state index in [1.165, 1.54) is 0 Å². The molecule has 0 spiro atoms. The molecule has 0 radical (unpaired) electrons. The molecule has 4 unspecified atom stereocenters. The number of carbonyl (C=O) groups is 3. The fourth-order valence-electron chi connectivity index (χ4n) is 8.40. The van der Waals surface area contributed by atoms with Crippen molar-refractivity contribution in [3.8, 4) is 0 Å². The van der Waals surface area contributed by atoms with Crippen molar-refractivity contribution < 1.29 is 38.9 Å². The van der Waals surface area contributed by atoms with Gasteiger partial charge in [-0.3, -0.25) is 19.6 Å². The van der Waals surface area contributed by atoms with E-state index in [0.717, 1.165) is 51.7 Å². The maximum absolute atomic E-state index is 14.0. The van der Waals surface area contributed by atoms with E-state index in [-0.39, 0.29) is 29.8 Å². The van der Waals surface area contributed by atoms with Crippen LogP contribution in [0.5, 0.6) is 0 Å². The van der Waals surface area contributed by atoms with E-state index >= 15 is 0 Å². The van der Waals surface area contributed by atoms with E-state index in [1.807, 2.05) is 6.92 Å². The normalized spacial score (nSPS) is 33.9. The maximum Gasteiger partial charge on any atom is 0.312 e. The predicted octanol–water partition coefficient (Wildman–Crippen LogP) is 4.88. The summed E-state index contributed by atoms with van der Waals surface area (Å²) in [5.41, 5.74) is -2.62. The zero-order valence-corrected chi connectivity index (χ0v) is 24.7. The third-order valence-corrected chi connectivity index (χ3v) is 10.6. The second-order valence-electron chi connectivity index (χ2n) is 14.8. The van der Waals surface area contributed by atoms with Gasteiger partial charge in [0.1, 0.15) is 5.60 Å². The van der Waals surface area contributed by atoms with E-state index in [4.69, 9.17) is 14.2 Å². The highest BCUT2D eigenvalue weighted by molar-refractivity contribution is 5.85. The minimum absolute atomic E-state index is 0.0419. The van der Waals surface area contributed by atoms with Crippen molar-refractivity contribution in [1.29, 1.82) is 0 Å². The van der Waals surface area contributed by atoms with Crippen LogP contribution < -0.4 is 5.48 Å². The number of rotatable bonds is 13. The zero-order valence-electron chi connectivity index (χ0n) is 24.7. The highest BCUT2D eigenvalue weighted by Crippen LogP contribution is 2.61. The Labute approximate surface area is 232 Å². The molecule has 1 amide bonds. The Morgan fingerprint density at radius 1 is 0.949 bits per heavy atom. The molecule has 0 aromatic heterocycles. The van der Waals surface area contributed by atoms with Crippen molar-refractivity contribution in [2.24, 2.45) is 33.5 Å². The monoisotopic (exact) mass is 551 g/mol. The number of carbonyl (C=O) groups excluding carboxylic acids is 2. The molecule has 3 N–H and O–H groups in total. The molecule has 5 rings (SSSR count). The lowest BCUT2D eigenvalue weighted by Gasteiger charge is -2.61. The van der Waals surface area contributed by atoms with E-state index in [9.17, 15) is 24.7 Å². The van der Waals surface area contributed by atoms with Crippen LogP contribution in [0.3, 0.4) is 0 Å². The molecule has 9 nitrogen and oxygen atoms in total. The largest absolute Gasteiger partial charge is 0.481 e. The smallest absolute Gasteiger partial charge is 0.312 e. The highest BCUT2D eigenvalue weighted by Gasteiger charge is 2.62. The molecule has 4 bridgehead atoms. The quantitative estimate of drug-likeness (QED) is 0.168. The Kier molecular flexibility index (Phi) is 7.98. The Hall–Kier alpha value is -1.71. The Balaban J connectivity index is 1.53. The topological polar surface area (TPSA) is 131 Å². The summed E-state index contributed by atoms with van der Waals surface area (Å²) in [6, 6.07) is 0. The minimum Gasteiger partial charge on any atom is -0.481 e. The number of aliphatic carboxylic acids is 1. The van der Waals surface area contributed by atoms with Gasteiger partial charge in [-0.2, -0.15) is 0 Å². The van der Waals surface area contributed by atoms with Gasteiger partial charge in [-0.25, -0.2) is 5.48 Å². The first-order chi connectivity index (χ1) is 18.1. The van der Waals surface area contributed by atoms with Crippen molar-refractivity contribution in [2.45, 2.75) is 117 Å². The third-order valence-electron chi connectivity index (χ3n) is 10.6. The summed E-state index contributed by atoms with van der Waals surface area (Å²) >= 11 is 0. The lowest BCUT2D eigenvalue weighted by Crippen LogP contribution is -2.63. The Morgan fingerprint density at radius 3 is 2.00 bits per heavy atom. The van der Waals surface area contributed by atoms with Crippen molar-refractivity contribution in [3.63, 3.8) is 0 Å². The van der Waals surface area contributed by atoms with Crippen molar-refractivity contribution >= 4 is 17.8 Å². The molecule has 1 saturated heterocycles. The summed E-state index contributed by atoms with van der Waals surface area (Å²) < 4.78 is 18.8. The van der Waals surface area contributed by atoms with Crippen LogP contribution in [0, 0.1) is 33.5 Å². The second kappa shape index (κ2) is 10.3. The number of carboxylic acids is 1. The zero-order chi connectivity index (χ0) is 28.9. The van der Waals surface area contributed by atoms with Gasteiger partial charge < -0.3 is 19.3 Å². The van der Waals surface area contributed by atoms with Crippen LogP contribution in [0.4, 0.5) is 0 Å². The molecular formula is C30H49NO8. The summed E-state index contributed by atoms with van der Waals surface area (Å²) in [7, 11) is 0. The molecule has 4 atom stereocenters. The van der Waals surface area contributed by atoms with Gasteiger partial charge >= 0.3 is 11.9 Å². The first kappa shape index (κ1) is 30.3. The van der Waals surface area contributed by atoms with Gasteiger partial charge in [0.2, 0.25) is 5.91 Å². The van der Waals surface area contributed by atoms with Crippen LogP contribution in [0.2, 0.25) is 0 Å². The molecule has 0 aromatic rings. The highest BCUT2D eigenvalue weighted by atomic mass is 16.6. The number of carboxylic acid groups (broad SMARTS) is 1. The summed E-state index contributed by atoms with van der Waals surface area (Å²) in [5.74, 6) is -1.17. The average molecular weight is 552 g/mol. The molecule has 5 fully saturated rings. The lowest BCUT2D eigenvalue weighted by molar-refractivity contribution is -0.257. The third kappa shape index (κ3) is 5.73. The van der Waals surface area contributed by atoms with Crippen molar-refractivity contribution in [2.75, 3.05) is 19.8 Å². The van der Waals surface area contributed by atoms with E-state index < -0.39 is 33.7 Å². The molecule has 222 valence electrons. The summed E-state index contributed by atoms with van der Waals surface area (Å²) in [6.45, 7) is 12.7. The minimum atomic E-state index is -1.30. The van der Waals surface area contributed by atoms with Gasteiger partial charge in [-0.1, -0.05) is 20.8 Å². The SMILES string of the molecule is CCC1(COC23CC4CC(C2)CC(OC(=O)C(C)(CC)CC(C)(CC(C)(C)C(=O)O)C(=O)NO)(C4)C3)COC1. The molecular weight excluding hydrogens is 502 g/mol. The fraction of sp³-hybridized carbons (Fsp3) is 0.900. The van der Waals surface area contributed by atoms with Gasteiger partial charge in [0.15, 0.2) is 0 Å². The fourth-order valence-corrected chi connectivity index (χ4v) is 8.40. The predicted molar refractivity (Wildman–Crippen MR) is 143 cm³/mol. The van der Waals surface area contributed by atoms with Crippen molar-refractivity contribution in [3.05, 3.63) is 0 Å². The van der Waals surface area contributed by atoms with Gasteiger partial charge in [0.25, 0.3) is 0 Å². The number of hydroxylamine groups is 1. The van der Waals surface area contributed by atoms with Crippen LogP contribution in [0.25, 0.3) is 0 Å². The van der Waals surface area contributed by atoms with Gasteiger partial charge in [0, 0.05) is 11.8 Å². The van der Waals surface area contributed by atoms with Crippen LogP contribution in [-0.2, 0) is 28.6 Å². The lowest BCUT2D eigenvalue weighted by atomic mass is 9.52. The number of hydrogen-bond acceptors (Lipinski definition) is 7. The second-order valence-corrected chi connectivity index (χ2v) is 14.8. The molecule has 4 aliphatic carbocycles. The average Bonchev–Trinajstić information content (AvgIpc) is 2.81. The van der Waals surface area contributed by atoms with E-state index in [1.54, 1.807) is 33.2 Å². The Morgan fingerprint density at radius 2 is 1.54 bits per heavy atom. The van der Waals surface area contributed by atoms with Crippen LogP contribution in [-0.4, -0.2) is 59.2 Å². The van der Waals surface area contributed by atoms with E-state index in [2.05, 4.69) is 6.92 Å². The van der Waals surface area contributed by atoms with E-state index in [0.29, 0.717) is 31.3 Å². The number of ether oxygens (including phenoxy) is 3. The number of amides is 1. The summed E-state index contributed by atoms with van der Waals surface area (Å²) in [5, 5.41) is 19.2. The first-order valence-electron chi connectivity index (χ1n) is 14.7. The Bertz CT molecular complexity index is 954. The van der Waals surface area contributed by atoms with Crippen LogP contribution >= 0.6 is 0 Å². The number of esters is 1. The molecule has 39 heavy (non-hydrogen) atoms. The van der Waals surface area contributed by atoms with Gasteiger partial charge in [-0.15, -0.1) is 0 Å². The summed E-state index contributed by atoms with van der Waals surface area (Å²) in [4.78, 5) is 38.8. The molecule has 4 saturated carbocycles. The van der Waals surface area contributed by atoms with Gasteiger partial charge in [0.05, 0.1) is 41.7 Å². The molecule has 9 heteroatoms. The molecule has 1 heterocycles. The standard InChI is InChI=1S/C30H49NO8/c1-7-26(5,15-27(6,22(32)31-36)14-25(3,4)23(33)34)24(35)39-30-12-20-9-21(13-30)11-29(10-20,16-30)38-19-28(8-2)17-37-18-28/h20-21,36H,7-19H2,1-6H3,(H,31,32)(H,33,34). The molecule has 5 aliphatic rings. The maximum atomic E-state index is 14.0. The summed E-state index contributed by atoms with van der Waals surface area (Å²) in [6.07, 6.45) is 6.98.